The van der Waals surface area contributed by atoms with E-state index in [9.17, 15) is 19.7 Å². The highest BCUT2D eigenvalue weighted by Gasteiger charge is 2.12. The molecular formula is C19H21ClN4O5. The highest BCUT2D eigenvalue weighted by Crippen LogP contribution is 2.22. The molecule has 0 aliphatic heterocycles. The van der Waals surface area contributed by atoms with E-state index in [-0.39, 0.29) is 5.69 Å². The van der Waals surface area contributed by atoms with E-state index in [0.717, 1.165) is 12.8 Å². The van der Waals surface area contributed by atoms with E-state index in [2.05, 4.69) is 17.3 Å². The van der Waals surface area contributed by atoms with Crippen LogP contribution >= 0.6 is 11.6 Å². The number of nitrogens with one attached hydrogen (secondary N) is 1. The van der Waals surface area contributed by atoms with E-state index >= 15 is 0 Å². The van der Waals surface area contributed by atoms with E-state index in [0.29, 0.717) is 28.6 Å². The lowest BCUT2D eigenvalue weighted by molar-refractivity contribution is -0.384. The van der Waals surface area contributed by atoms with Crippen molar-refractivity contribution in [2.45, 2.75) is 33.2 Å². The Morgan fingerprint density at radius 2 is 2.03 bits per heavy atom. The van der Waals surface area contributed by atoms with Gasteiger partial charge in [-0.15, -0.1) is 0 Å². The predicted molar refractivity (Wildman–Crippen MR) is 109 cm³/mol. The average molecular weight is 421 g/mol. The minimum atomic E-state index is -0.708. The van der Waals surface area contributed by atoms with Crippen LogP contribution < -0.4 is 5.32 Å². The van der Waals surface area contributed by atoms with Crippen molar-refractivity contribution in [3.05, 3.63) is 56.9 Å². The maximum atomic E-state index is 11.9. The van der Waals surface area contributed by atoms with Gasteiger partial charge in [0.05, 0.1) is 10.6 Å². The zero-order chi connectivity index (χ0) is 21.4. The SMILES string of the molecule is CCCCn1nc(C)c(/C=C/C(=O)OCC(=O)Nc2ccc([N+](=O)[O-])cc2)c1Cl. The van der Waals surface area contributed by atoms with Crippen LogP contribution in [-0.4, -0.2) is 33.2 Å². The van der Waals surface area contributed by atoms with Crippen LogP contribution in [0.15, 0.2) is 30.3 Å². The summed E-state index contributed by atoms with van der Waals surface area (Å²) in [5.74, 6) is -1.28. The van der Waals surface area contributed by atoms with Crippen LogP contribution in [0.2, 0.25) is 5.15 Å². The number of ether oxygens (including phenoxy) is 1. The zero-order valence-electron chi connectivity index (χ0n) is 16.1. The summed E-state index contributed by atoms with van der Waals surface area (Å²) in [6.07, 6.45) is 4.63. The molecule has 0 aliphatic carbocycles. The molecule has 10 heteroatoms. The number of esters is 1. The molecule has 0 atom stereocenters. The Morgan fingerprint density at radius 1 is 1.34 bits per heavy atom. The Bertz CT molecular complexity index is 921. The van der Waals surface area contributed by atoms with E-state index in [1.54, 1.807) is 11.6 Å². The van der Waals surface area contributed by atoms with Crippen molar-refractivity contribution in [3.63, 3.8) is 0 Å². The molecule has 9 nitrogen and oxygen atoms in total. The molecule has 0 radical (unpaired) electrons. The lowest BCUT2D eigenvalue weighted by Gasteiger charge is -2.05. The highest BCUT2D eigenvalue weighted by atomic mass is 35.5. The molecule has 1 heterocycles. The van der Waals surface area contributed by atoms with Gasteiger partial charge < -0.3 is 10.1 Å². The molecule has 0 saturated heterocycles. The Hall–Kier alpha value is -3.20. The second-order valence-corrected chi connectivity index (χ2v) is 6.52. The van der Waals surface area contributed by atoms with Crippen LogP contribution in [0, 0.1) is 17.0 Å². The number of hydrogen-bond donors (Lipinski definition) is 1. The number of aryl methyl sites for hydroxylation is 2. The second kappa shape index (κ2) is 10.4. The first-order valence-corrected chi connectivity index (χ1v) is 9.31. The number of carbonyl (C=O) groups is 2. The molecule has 1 N–H and O–H groups in total. The van der Waals surface area contributed by atoms with Gasteiger partial charge in [0.25, 0.3) is 11.6 Å². The minimum absolute atomic E-state index is 0.0912. The van der Waals surface area contributed by atoms with Gasteiger partial charge in [0.15, 0.2) is 6.61 Å². The van der Waals surface area contributed by atoms with Crippen LogP contribution in [0.25, 0.3) is 6.08 Å². The minimum Gasteiger partial charge on any atom is -0.452 e. The molecule has 29 heavy (non-hydrogen) atoms. The summed E-state index contributed by atoms with van der Waals surface area (Å²) < 4.78 is 6.58. The monoisotopic (exact) mass is 420 g/mol. The standard InChI is InChI=1S/C19H21ClN4O5/c1-3-4-11-23-19(20)16(13(2)22-23)9-10-18(26)29-12-17(25)21-14-5-7-15(8-6-14)24(27)28/h5-10H,3-4,11-12H2,1-2H3,(H,21,25)/b10-9+. The van der Waals surface area contributed by atoms with Crippen molar-refractivity contribution in [2.75, 3.05) is 11.9 Å². The lowest BCUT2D eigenvalue weighted by Crippen LogP contribution is -2.20. The van der Waals surface area contributed by atoms with Gasteiger partial charge in [-0.05, 0) is 31.6 Å². The second-order valence-electron chi connectivity index (χ2n) is 6.16. The van der Waals surface area contributed by atoms with Crippen molar-refractivity contribution < 1.29 is 19.2 Å². The molecular weight excluding hydrogens is 400 g/mol. The van der Waals surface area contributed by atoms with Gasteiger partial charge in [-0.3, -0.25) is 19.6 Å². The third kappa shape index (κ3) is 6.42. The lowest BCUT2D eigenvalue weighted by atomic mass is 10.2. The molecule has 0 fully saturated rings. The van der Waals surface area contributed by atoms with E-state index in [1.807, 2.05) is 0 Å². The van der Waals surface area contributed by atoms with Crippen molar-refractivity contribution in [1.82, 2.24) is 9.78 Å². The number of halogens is 1. The molecule has 0 saturated carbocycles. The fourth-order valence-electron chi connectivity index (χ4n) is 2.41. The normalized spacial score (nSPS) is 10.9. The number of aromatic nitrogens is 2. The Morgan fingerprint density at radius 3 is 2.66 bits per heavy atom. The number of nitro benzene ring substituents is 1. The average Bonchev–Trinajstić information content (AvgIpc) is 2.96. The quantitative estimate of drug-likeness (QED) is 0.286. The smallest absolute Gasteiger partial charge is 0.331 e. The zero-order valence-corrected chi connectivity index (χ0v) is 16.8. The first-order valence-electron chi connectivity index (χ1n) is 8.93. The molecule has 0 unspecified atom stereocenters. The van der Waals surface area contributed by atoms with Gasteiger partial charge in [0, 0.05) is 36.0 Å². The third-order valence-electron chi connectivity index (χ3n) is 3.93. The van der Waals surface area contributed by atoms with Crippen molar-refractivity contribution in [3.8, 4) is 0 Å². The maximum absolute atomic E-state index is 11.9. The van der Waals surface area contributed by atoms with E-state index in [1.165, 1.54) is 36.4 Å². The topological polar surface area (TPSA) is 116 Å². The summed E-state index contributed by atoms with van der Waals surface area (Å²) in [7, 11) is 0. The van der Waals surface area contributed by atoms with Crippen molar-refractivity contribution >= 4 is 40.9 Å². The maximum Gasteiger partial charge on any atom is 0.331 e. The summed E-state index contributed by atoms with van der Waals surface area (Å²) in [5, 5.41) is 17.9. The number of nitrogens with zero attached hydrogens (tertiary/aromatic N) is 3. The van der Waals surface area contributed by atoms with Crippen LogP contribution in [0.1, 0.15) is 31.0 Å². The van der Waals surface area contributed by atoms with Crippen LogP contribution in [0.4, 0.5) is 11.4 Å². The van der Waals surface area contributed by atoms with E-state index < -0.39 is 23.4 Å². The number of rotatable bonds is 9. The number of carbonyl (C=O) groups excluding carboxylic acids is 2. The summed E-state index contributed by atoms with van der Waals surface area (Å²) in [6.45, 7) is 4.05. The van der Waals surface area contributed by atoms with Gasteiger partial charge in [-0.25, -0.2) is 4.79 Å². The molecule has 1 aromatic heterocycles. The van der Waals surface area contributed by atoms with Gasteiger partial charge in [-0.1, -0.05) is 24.9 Å². The van der Waals surface area contributed by atoms with Gasteiger partial charge in [-0.2, -0.15) is 5.10 Å². The number of nitro groups is 1. The van der Waals surface area contributed by atoms with Gasteiger partial charge >= 0.3 is 5.97 Å². The number of hydrogen-bond acceptors (Lipinski definition) is 6. The van der Waals surface area contributed by atoms with Crippen LogP contribution in [-0.2, 0) is 20.9 Å². The number of unbranched alkanes of at least 4 members (excludes halogenated alkanes) is 1. The third-order valence-corrected chi connectivity index (χ3v) is 4.33. The summed E-state index contributed by atoms with van der Waals surface area (Å²) in [5.41, 5.74) is 1.57. The van der Waals surface area contributed by atoms with E-state index in [4.69, 9.17) is 16.3 Å². The number of benzene rings is 1. The number of anilines is 1. The number of non-ortho nitro benzene ring substituents is 1. The molecule has 1 aromatic carbocycles. The molecule has 2 aromatic rings. The highest BCUT2D eigenvalue weighted by molar-refractivity contribution is 6.31. The molecule has 2 rings (SSSR count). The van der Waals surface area contributed by atoms with Crippen molar-refractivity contribution in [2.24, 2.45) is 0 Å². The molecule has 0 bridgehead atoms. The number of amides is 1. The Balaban J connectivity index is 1.87. The van der Waals surface area contributed by atoms with Crippen LogP contribution in [0.3, 0.4) is 0 Å². The molecule has 0 aliphatic rings. The van der Waals surface area contributed by atoms with Gasteiger partial charge in [0.2, 0.25) is 0 Å². The largest absolute Gasteiger partial charge is 0.452 e. The molecule has 154 valence electrons. The Kier molecular flexibility index (Phi) is 7.90. The predicted octanol–water partition coefficient (Wildman–Crippen LogP) is 3.75. The molecule has 0 spiro atoms. The molecule has 1 amide bonds. The van der Waals surface area contributed by atoms with Crippen molar-refractivity contribution in [1.29, 1.82) is 0 Å². The van der Waals surface area contributed by atoms with Crippen LogP contribution in [0.5, 0.6) is 0 Å². The fourth-order valence-corrected chi connectivity index (χ4v) is 2.73. The Labute approximate surface area is 172 Å². The van der Waals surface area contributed by atoms with Gasteiger partial charge in [0.1, 0.15) is 5.15 Å². The summed E-state index contributed by atoms with van der Waals surface area (Å²) >= 11 is 6.29. The summed E-state index contributed by atoms with van der Waals surface area (Å²) in [6, 6.07) is 5.30. The summed E-state index contributed by atoms with van der Waals surface area (Å²) in [4.78, 5) is 33.8. The fraction of sp³-hybridized carbons (Fsp3) is 0.316. The first kappa shape index (κ1) is 22.1. The first-order chi connectivity index (χ1) is 13.8.